The summed E-state index contributed by atoms with van der Waals surface area (Å²) in [5.41, 5.74) is 9.31. The van der Waals surface area contributed by atoms with Crippen LogP contribution in [-0.4, -0.2) is 88.5 Å². The summed E-state index contributed by atoms with van der Waals surface area (Å²) in [6.45, 7) is 4.76. The molecule has 0 bridgehead atoms. The number of piperidine rings is 3. The molecule has 1 atom stereocenters. The number of imidazole rings is 1. The lowest BCUT2D eigenvalue weighted by molar-refractivity contribution is -0.135. The molecule has 6 rings (SSSR count). The maximum Gasteiger partial charge on any atom is 0.326 e. The van der Waals surface area contributed by atoms with Gasteiger partial charge in [0.05, 0.1) is 11.4 Å². The normalized spacial score (nSPS) is 19.8. The van der Waals surface area contributed by atoms with E-state index in [0.717, 1.165) is 70.7 Å². The van der Waals surface area contributed by atoms with E-state index in [1.54, 1.807) is 20.8 Å². The Morgan fingerprint density at radius 2 is 1.59 bits per heavy atom. The number of nitrogens with two attached hydrogens (primary N) is 1. The predicted molar refractivity (Wildman–Crippen MR) is 190 cm³/mol. The van der Waals surface area contributed by atoms with Gasteiger partial charge in [-0.25, -0.2) is 9.59 Å². The van der Waals surface area contributed by atoms with Crippen molar-refractivity contribution in [1.29, 1.82) is 0 Å². The molecule has 5 heterocycles. The number of aromatic nitrogens is 2. The van der Waals surface area contributed by atoms with Crippen LogP contribution in [0.15, 0.2) is 48.9 Å². The molecule has 3 aliphatic heterocycles. The molecule has 4 N–H and O–H groups in total. The number of H-pyrrole nitrogens is 1. The maximum atomic E-state index is 14.1. The molecule has 13 heteroatoms. The van der Waals surface area contributed by atoms with E-state index in [2.05, 4.69) is 54.1 Å². The van der Waals surface area contributed by atoms with Crippen molar-refractivity contribution in [2.45, 2.75) is 57.0 Å². The van der Waals surface area contributed by atoms with Crippen LogP contribution in [0.3, 0.4) is 0 Å². The maximum absolute atomic E-state index is 14.1. The van der Waals surface area contributed by atoms with Crippen LogP contribution in [0.25, 0.3) is 11.3 Å². The Hall–Kier alpha value is -2.61. The Labute approximate surface area is 290 Å². The van der Waals surface area contributed by atoms with E-state index in [9.17, 15) is 14.4 Å². The van der Waals surface area contributed by atoms with Gasteiger partial charge in [-0.3, -0.25) is 9.36 Å². The third-order valence-electron chi connectivity index (χ3n) is 10.2. The van der Waals surface area contributed by atoms with Crippen molar-refractivity contribution in [2.24, 2.45) is 11.8 Å². The van der Waals surface area contributed by atoms with Crippen LogP contribution in [0.4, 0.5) is 10.5 Å². The number of nitrogens with zero attached hydrogens (tertiary/aromatic N) is 4. The van der Waals surface area contributed by atoms with Crippen molar-refractivity contribution in [2.75, 3.05) is 52.0 Å². The van der Waals surface area contributed by atoms with Gasteiger partial charge in [-0.05, 0) is 132 Å². The summed E-state index contributed by atoms with van der Waals surface area (Å²) >= 11 is 8.65. The van der Waals surface area contributed by atoms with Crippen molar-refractivity contribution >= 4 is 60.8 Å². The van der Waals surface area contributed by atoms with Crippen molar-refractivity contribution in [3.05, 3.63) is 60.1 Å². The number of likely N-dealkylation sites (tertiary alicyclic amines) is 3. The largest absolute Gasteiger partial charge is 0.397 e. The van der Waals surface area contributed by atoms with Crippen LogP contribution in [0.2, 0.25) is 0 Å². The van der Waals surface area contributed by atoms with Crippen LogP contribution in [0.5, 0.6) is 0 Å². The fourth-order valence-electron chi connectivity index (χ4n) is 7.33. The first-order valence-electron chi connectivity index (χ1n) is 16.3. The second-order valence-corrected chi connectivity index (χ2v) is 15.6. The SMILES string of the molecule is CN1CCC(C2CCN(C(=O)[C@@H](Cc3cc(Br)c(N)c(Br)c3)NC(=O)N3CCC(n4cc(-c5ccsc5)[nH]c4=O)CC3)CC2)CC1. The number of anilines is 1. The zero-order chi connectivity index (χ0) is 32.4. The van der Waals surface area contributed by atoms with Crippen molar-refractivity contribution in [1.82, 2.24) is 29.6 Å². The summed E-state index contributed by atoms with van der Waals surface area (Å²) in [4.78, 5) is 49.6. The number of benzene rings is 1. The lowest BCUT2D eigenvalue weighted by atomic mass is 9.79. The minimum Gasteiger partial charge on any atom is -0.397 e. The topological polar surface area (TPSA) is 120 Å². The minimum absolute atomic E-state index is 0.00736. The van der Waals surface area contributed by atoms with Crippen LogP contribution in [0, 0.1) is 11.8 Å². The van der Waals surface area contributed by atoms with Crippen LogP contribution in [0.1, 0.15) is 50.1 Å². The van der Waals surface area contributed by atoms with E-state index in [0.29, 0.717) is 44.0 Å². The number of thiophene rings is 1. The molecule has 248 valence electrons. The van der Waals surface area contributed by atoms with Gasteiger partial charge in [0.1, 0.15) is 6.04 Å². The van der Waals surface area contributed by atoms with Gasteiger partial charge in [0.15, 0.2) is 0 Å². The predicted octanol–water partition coefficient (Wildman–Crippen LogP) is 5.55. The molecule has 3 aromatic rings. The number of aromatic amines is 1. The van der Waals surface area contributed by atoms with Crippen LogP contribution < -0.4 is 16.7 Å². The number of nitrogens with one attached hydrogen (secondary N) is 2. The van der Waals surface area contributed by atoms with Gasteiger partial charge in [0, 0.05) is 64.7 Å². The van der Waals surface area contributed by atoms with Gasteiger partial charge in [-0.2, -0.15) is 11.3 Å². The third kappa shape index (κ3) is 7.58. The van der Waals surface area contributed by atoms with Gasteiger partial charge in [0.2, 0.25) is 5.91 Å². The van der Waals surface area contributed by atoms with Crippen molar-refractivity contribution in [3.63, 3.8) is 0 Å². The van der Waals surface area contributed by atoms with Gasteiger partial charge < -0.3 is 30.7 Å². The highest BCUT2D eigenvalue weighted by molar-refractivity contribution is 9.11. The summed E-state index contributed by atoms with van der Waals surface area (Å²) in [5.74, 6) is 1.36. The lowest BCUT2D eigenvalue weighted by Crippen LogP contribution is -2.55. The number of nitrogen functional groups attached to an aromatic ring is 1. The Kier molecular flexibility index (Phi) is 10.6. The molecule has 3 aliphatic rings. The molecule has 0 spiro atoms. The molecule has 10 nitrogen and oxygen atoms in total. The van der Waals surface area contributed by atoms with Gasteiger partial charge >= 0.3 is 11.7 Å². The first-order valence-corrected chi connectivity index (χ1v) is 18.8. The molecule has 0 radical (unpaired) electrons. The smallest absolute Gasteiger partial charge is 0.326 e. The Morgan fingerprint density at radius 1 is 0.978 bits per heavy atom. The summed E-state index contributed by atoms with van der Waals surface area (Å²) in [6, 6.07) is 4.89. The Balaban J connectivity index is 1.10. The molecule has 3 fully saturated rings. The number of hydrogen-bond acceptors (Lipinski definition) is 6. The molecule has 0 aliphatic carbocycles. The molecule has 3 amide bonds. The van der Waals surface area contributed by atoms with E-state index in [1.807, 2.05) is 40.1 Å². The first kappa shape index (κ1) is 33.3. The number of urea groups is 1. The van der Waals surface area contributed by atoms with E-state index >= 15 is 0 Å². The second-order valence-electron chi connectivity index (χ2n) is 13.1. The number of carbonyl (C=O) groups excluding carboxylic acids is 2. The molecule has 0 unspecified atom stereocenters. The van der Waals surface area contributed by atoms with Gasteiger partial charge in [0.25, 0.3) is 0 Å². The lowest BCUT2D eigenvalue weighted by Gasteiger charge is -2.40. The van der Waals surface area contributed by atoms with Gasteiger partial charge in [-0.1, -0.05) is 0 Å². The molecule has 46 heavy (non-hydrogen) atoms. The molecular formula is C33H43Br2N7O3S. The average Bonchev–Trinajstić information content (AvgIpc) is 3.74. The highest BCUT2D eigenvalue weighted by Gasteiger charge is 2.34. The standard InChI is InChI=1S/C33H43Br2N7O3S/c1-39-9-2-22(3-10-39)23-4-11-40(12-5-23)31(43)28(18-21-16-26(34)30(36)27(35)17-21)37-32(44)41-13-6-25(7-14-41)42-19-29(38-33(42)45)24-8-15-46-20-24/h8,15-17,19-20,22-23,25,28H,2-7,9-14,18,36H2,1H3,(H,37,44)(H,38,45)/t28-/m1/s1. The molecule has 2 aromatic heterocycles. The Bertz CT molecular complexity index is 1540. The van der Waals surface area contributed by atoms with E-state index in [-0.39, 0.29) is 23.7 Å². The zero-order valence-electron chi connectivity index (χ0n) is 26.2. The number of carbonyl (C=O) groups is 2. The van der Waals surface area contributed by atoms with E-state index in [1.165, 1.54) is 12.8 Å². The fraction of sp³-hybridized carbons (Fsp3) is 0.545. The van der Waals surface area contributed by atoms with E-state index < -0.39 is 6.04 Å². The summed E-state index contributed by atoms with van der Waals surface area (Å²) in [6.07, 6.45) is 8.07. The Morgan fingerprint density at radius 3 is 2.20 bits per heavy atom. The minimum atomic E-state index is -0.701. The number of rotatable bonds is 7. The molecular weight excluding hydrogens is 734 g/mol. The number of hydrogen-bond donors (Lipinski definition) is 3. The number of halogens is 2. The summed E-state index contributed by atoms with van der Waals surface area (Å²) in [5, 5.41) is 7.11. The highest BCUT2D eigenvalue weighted by Crippen LogP contribution is 2.33. The monoisotopic (exact) mass is 775 g/mol. The van der Waals surface area contributed by atoms with Crippen LogP contribution in [-0.2, 0) is 11.2 Å². The van der Waals surface area contributed by atoms with Crippen LogP contribution >= 0.6 is 43.2 Å². The average molecular weight is 778 g/mol. The summed E-state index contributed by atoms with van der Waals surface area (Å²) in [7, 11) is 2.19. The van der Waals surface area contributed by atoms with Gasteiger partial charge in [-0.15, -0.1) is 0 Å². The highest BCUT2D eigenvalue weighted by atomic mass is 79.9. The fourth-order valence-corrected chi connectivity index (χ4v) is 9.27. The second kappa shape index (κ2) is 14.7. The third-order valence-corrected chi connectivity index (χ3v) is 12.2. The summed E-state index contributed by atoms with van der Waals surface area (Å²) < 4.78 is 3.26. The zero-order valence-corrected chi connectivity index (χ0v) is 30.2. The first-order chi connectivity index (χ1) is 22.2. The quantitative estimate of drug-likeness (QED) is 0.272. The molecule has 3 saturated heterocycles. The van der Waals surface area contributed by atoms with Crippen molar-refractivity contribution < 1.29 is 9.59 Å². The molecule has 1 aromatic carbocycles. The molecule has 0 saturated carbocycles. The van der Waals surface area contributed by atoms with Crippen molar-refractivity contribution in [3.8, 4) is 11.3 Å². The van der Waals surface area contributed by atoms with E-state index in [4.69, 9.17) is 5.73 Å². The number of amides is 3.